The molecular formula is C21H23N3O2S2. The van der Waals surface area contributed by atoms with E-state index in [-0.39, 0.29) is 11.5 Å². The first-order valence-electron chi connectivity index (χ1n) is 9.15. The van der Waals surface area contributed by atoms with Crippen LogP contribution in [0.15, 0.2) is 63.4 Å². The van der Waals surface area contributed by atoms with Crippen molar-refractivity contribution in [3.8, 4) is 0 Å². The SMILES string of the molecule is CCCn1c(SC(C)C(=O)Nc2ccccc2SC)nc2ccccc2c1=O. The van der Waals surface area contributed by atoms with Gasteiger partial charge in [0.05, 0.1) is 21.8 Å². The van der Waals surface area contributed by atoms with E-state index in [0.29, 0.717) is 22.6 Å². The molecule has 0 fully saturated rings. The first-order valence-corrected chi connectivity index (χ1v) is 11.3. The summed E-state index contributed by atoms with van der Waals surface area (Å²) < 4.78 is 1.67. The highest BCUT2D eigenvalue weighted by Crippen LogP contribution is 2.27. The summed E-state index contributed by atoms with van der Waals surface area (Å²) in [4.78, 5) is 31.3. The molecule has 1 atom stereocenters. The summed E-state index contributed by atoms with van der Waals surface area (Å²) >= 11 is 2.90. The predicted octanol–water partition coefficient (Wildman–Crippen LogP) is 4.65. The molecule has 0 radical (unpaired) electrons. The monoisotopic (exact) mass is 413 g/mol. The molecule has 1 heterocycles. The number of carbonyl (C=O) groups excluding carboxylic acids is 1. The number of hydrogen-bond donors (Lipinski definition) is 1. The largest absolute Gasteiger partial charge is 0.324 e. The van der Waals surface area contributed by atoms with Crippen LogP contribution in [0.2, 0.25) is 0 Å². The van der Waals surface area contributed by atoms with Crippen molar-refractivity contribution in [2.24, 2.45) is 0 Å². The maximum Gasteiger partial charge on any atom is 0.262 e. The zero-order valence-corrected chi connectivity index (χ0v) is 17.8. The van der Waals surface area contributed by atoms with E-state index < -0.39 is 5.25 Å². The smallest absolute Gasteiger partial charge is 0.262 e. The number of nitrogens with zero attached hydrogens (tertiary/aromatic N) is 2. The third-order valence-corrected chi connectivity index (χ3v) is 6.18. The first kappa shape index (κ1) is 20.5. The van der Waals surface area contributed by atoms with Gasteiger partial charge in [-0.15, -0.1) is 11.8 Å². The van der Waals surface area contributed by atoms with E-state index in [1.165, 1.54) is 11.8 Å². The third-order valence-electron chi connectivity index (χ3n) is 4.29. The summed E-state index contributed by atoms with van der Waals surface area (Å²) in [6, 6.07) is 15.0. The Labute approximate surface area is 172 Å². The molecule has 0 aliphatic heterocycles. The summed E-state index contributed by atoms with van der Waals surface area (Å²) in [5, 5.41) is 3.77. The van der Waals surface area contributed by atoms with Gasteiger partial charge < -0.3 is 5.32 Å². The summed E-state index contributed by atoms with van der Waals surface area (Å²) in [5.41, 5.74) is 1.39. The molecule has 0 saturated carbocycles. The van der Waals surface area contributed by atoms with E-state index in [2.05, 4.69) is 10.3 Å². The molecule has 1 unspecified atom stereocenters. The fourth-order valence-electron chi connectivity index (χ4n) is 2.85. The highest BCUT2D eigenvalue weighted by Gasteiger charge is 2.20. The maximum atomic E-state index is 12.9. The summed E-state index contributed by atoms with van der Waals surface area (Å²) in [6.45, 7) is 4.42. The van der Waals surface area contributed by atoms with Gasteiger partial charge in [-0.25, -0.2) is 4.98 Å². The number of rotatable bonds is 7. The van der Waals surface area contributed by atoms with Crippen molar-refractivity contribution < 1.29 is 4.79 Å². The van der Waals surface area contributed by atoms with Crippen LogP contribution in [0.3, 0.4) is 0 Å². The summed E-state index contributed by atoms with van der Waals surface area (Å²) in [6.07, 6.45) is 2.79. The first-order chi connectivity index (χ1) is 13.5. The fourth-order valence-corrected chi connectivity index (χ4v) is 4.34. The standard InChI is InChI=1S/C21H23N3O2S2/c1-4-13-24-20(26)15-9-5-6-10-16(15)23-21(24)28-14(2)19(25)22-17-11-7-8-12-18(17)27-3/h5-12,14H,4,13H2,1-3H3,(H,22,25). The molecule has 3 rings (SSSR count). The minimum atomic E-state index is -0.397. The molecular weight excluding hydrogens is 390 g/mol. The van der Waals surface area contributed by atoms with Crippen LogP contribution in [0.4, 0.5) is 5.69 Å². The van der Waals surface area contributed by atoms with Crippen molar-refractivity contribution in [2.75, 3.05) is 11.6 Å². The number of hydrogen-bond acceptors (Lipinski definition) is 5. The van der Waals surface area contributed by atoms with Crippen molar-refractivity contribution in [1.29, 1.82) is 0 Å². The maximum absolute atomic E-state index is 12.9. The van der Waals surface area contributed by atoms with Gasteiger partial charge in [0.1, 0.15) is 0 Å². The zero-order chi connectivity index (χ0) is 20.1. The number of nitrogens with one attached hydrogen (secondary N) is 1. The molecule has 1 amide bonds. The highest BCUT2D eigenvalue weighted by molar-refractivity contribution is 8.00. The lowest BCUT2D eigenvalue weighted by Gasteiger charge is -2.16. The van der Waals surface area contributed by atoms with Gasteiger partial charge in [0.2, 0.25) is 5.91 Å². The topological polar surface area (TPSA) is 64.0 Å². The molecule has 0 aliphatic carbocycles. The van der Waals surface area contributed by atoms with Crippen LogP contribution in [-0.2, 0) is 11.3 Å². The molecule has 146 valence electrons. The number of carbonyl (C=O) groups is 1. The number of para-hydroxylation sites is 2. The summed E-state index contributed by atoms with van der Waals surface area (Å²) in [5.74, 6) is -0.114. The lowest BCUT2D eigenvalue weighted by molar-refractivity contribution is -0.115. The van der Waals surface area contributed by atoms with Crippen molar-refractivity contribution in [3.05, 3.63) is 58.9 Å². The van der Waals surface area contributed by atoms with E-state index in [1.807, 2.05) is 62.6 Å². The van der Waals surface area contributed by atoms with Gasteiger partial charge >= 0.3 is 0 Å². The van der Waals surface area contributed by atoms with Gasteiger partial charge in [0.15, 0.2) is 5.16 Å². The van der Waals surface area contributed by atoms with E-state index in [1.54, 1.807) is 22.4 Å². The molecule has 7 heteroatoms. The third kappa shape index (κ3) is 4.42. The Bertz CT molecular complexity index is 1050. The number of fused-ring (bicyclic) bond motifs is 1. The van der Waals surface area contributed by atoms with Crippen LogP contribution >= 0.6 is 23.5 Å². The van der Waals surface area contributed by atoms with Gasteiger partial charge in [0.25, 0.3) is 5.56 Å². The molecule has 0 spiro atoms. The minimum absolute atomic E-state index is 0.0599. The molecule has 0 bridgehead atoms. The Morgan fingerprint density at radius 3 is 2.64 bits per heavy atom. The number of aromatic nitrogens is 2. The molecule has 0 saturated heterocycles. The lowest BCUT2D eigenvalue weighted by atomic mass is 10.2. The van der Waals surface area contributed by atoms with E-state index in [9.17, 15) is 9.59 Å². The van der Waals surface area contributed by atoms with Gasteiger partial charge in [0, 0.05) is 11.4 Å². The molecule has 2 aromatic carbocycles. The van der Waals surface area contributed by atoms with Gasteiger partial charge in [-0.1, -0.05) is 43.0 Å². The van der Waals surface area contributed by atoms with E-state index in [4.69, 9.17) is 0 Å². The van der Waals surface area contributed by atoms with Crippen molar-refractivity contribution in [1.82, 2.24) is 9.55 Å². The Hall–Kier alpha value is -2.25. The van der Waals surface area contributed by atoms with E-state index in [0.717, 1.165) is 17.0 Å². The van der Waals surface area contributed by atoms with Crippen LogP contribution in [0, 0.1) is 0 Å². The fraction of sp³-hybridized carbons (Fsp3) is 0.286. The lowest BCUT2D eigenvalue weighted by Crippen LogP contribution is -2.27. The zero-order valence-electron chi connectivity index (χ0n) is 16.1. The van der Waals surface area contributed by atoms with Gasteiger partial charge in [-0.05, 0) is 43.9 Å². The Kier molecular flexibility index (Phi) is 6.80. The van der Waals surface area contributed by atoms with Crippen LogP contribution in [0.1, 0.15) is 20.3 Å². The minimum Gasteiger partial charge on any atom is -0.324 e. The Morgan fingerprint density at radius 2 is 1.89 bits per heavy atom. The number of benzene rings is 2. The van der Waals surface area contributed by atoms with Gasteiger partial charge in [-0.3, -0.25) is 14.2 Å². The normalized spacial score (nSPS) is 12.1. The van der Waals surface area contributed by atoms with Crippen molar-refractivity contribution >= 4 is 46.0 Å². The van der Waals surface area contributed by atoms with Crippen LogP contribution in [0.5, 0.6) is 0 Å². The second-order valence-corrected chi connectivity index (χ2v) is 8.47. The van der Waals surface area contributed by atoms with Gasteiger partial charge in [-0.2, -0.15) is 0 Å². The average Bonchev–Trinajstić information content (AvgIpc) is 2.71. The molecule has 3 aromatic rings. The van der Waals surface area contributed by atoms with Crippen molar-refractivity contribution in [2.45, 2.75) is 42.1 Å². The predicted molar refractivity (Wildman–Crippen MR) is 118 cm³/mol. The quantitative estimate of drug-likeness (QED) is 0.451. The molecule has 0 aliphatic rings. The van der Waals surface area contributed by atoms with Crippen molar-refractivity contribution in [3.63, 3.8) is 0 Å². The Balaban J connectivity index is 1.87. The highest BCUT2D eigenvalue weighted by atomic mass is 32.2. The molecule has 1 N–H and O–H groups in total. The number of anilines is 1. The second-order valence-electron chi connectivity index (χ2n) is 6.32. The Morgan fingerprint density at radius 1 is 1.18 bits per heavy atom. The van der Waals surface area contributed by atoms with Crippen LogP contribution < -0.4 is 10.9 Å². The number of amides is 1. The average molecular weight is 414 g/mol. The van der Waals surface area contributed by atoms with Crippen LogP contribution in [0.25, 0.3) is 10.9 Å². The molecule has 28 heavy (non-hydrogen) atoms. The van der Waals surface area contributed by atoms with Crippen LogP contribution in [-0.4, -0.2) is 27.0 Å². The number of thioether (sulfide) groups is 2. The van der Waals surface area contributed by atoms with E-state index >= 15 is 0 Å². The second kappa shape index (κ2) is 9.30. The molecule has 5 nitrogen and oxygen atoms in total. The summed E-state index contributed by atoms with van der Waals surface area (Å²) in [7, 11) is 0. The molecule has 1 aromatic heterocycles.